The first-order valence-electron chi connectivity index (χ1n) is 11.7. The third kappa shape index (κ3) is 3.15. The van der Waals surface area contributed by atoms with Crippen molar-refractivity contribution in [3.63, 3.8) is 0 Å². The quantitative estimate of drug-likeness (QED) is 0.529. The van der Waals surface area contributed by atoms with Crippen LogP contribution < -0.4 is 10.2 Å². The molecule has 10 heteroatoms. The number of aromatic nitrogens is 2. The van der Waals surface area contributed by atoms with Crippen molar-refractivity contribution in [3.05, 3.63) is 53.3 Å². The lowest BCUT2D eigenvalue weighted by atomic mass is 9.79. The van der Waals surface area contributed by atoms with Crippen LogP contribution in [0.1, 0.15) is 67.9 Å². The number of ether oxygens (including phenoxy) is 1. The largest absolute Gasteiger partial charge is 0.494 e. The van der Waals surface area contributed by atoms with Gasteiger partial charge in [-0.1, -0.05) is 12.1 Å². The Labute approximate surface area is 202 Å². The molecule has 0 saturated carbocycles. The maximum atomic E-state index is 13.3. The van der Waals surface area contributed by atoms with Gasteiger partial charge in [-0.25, -0.2) is 4.98 Å². The van der Waals surface area contributed by atoms with Gasteiger partial charge in [-0.3, -0.25) is 4.79 Å². The summed E-state index contributed by atoms with van der Waals surface area (Å²) in [5.41, 5.74) is 2.30. The number of carbonyl (C=O) groups is 1. The van der Waals surface area contributed by atoms with Crippen molar-refractivity contribution in [2.45, 2.75) is 64.0 Å². The van der Waals surface area contributed by atoms with Crippen molar-refractivity contribution in [3.8, 4) is 5.75 Å². The van der Waals surface area contributed by atoms with Gasteiger partial charge in [0, 0.05) is 24.6 Å². The Morgan fingerprint density at radius 1 is 1.11 bits per heavy atom. The standard InChI is InChI=1S/C25H26BF2N3O4/c1-24(2)25(3,4)35-26(34-24)13-9-10-15-16(11-13)31-17-12-18(21(31)29-15)30(5)22(32)14-7-6-8-19(20(14)17)33-23(27)28/h6-11,17-18,23H,12H2,1-5H3/t17-,18+/m1/s1. The second-order valence-corrected chi connectivity index (χ2v) is 10.5. The van der Waals surface area contributed by atoms with Crippen molar-refractivity contribution >= 4 is 29.5 Å². The molecule has 0 N–H and O–H groups in total. The van der Waals surface area contributed by atoms with Crippen molar-refractivity contribution in [1.29, 1.82) is 0 Å². The van der Waals surface area contributed by atoms with Gasteiger partial charge in [0.2, 0.25) is 0 Å². The minimum absolute atomic E-state index is 0.0155. The SMILES string of the molecule is CN1C(=O)c2cccc(OC(F)F)c2[C@H]2C[C@H]1c1nc3ccc(B4OC(C)(C)C(C)(C)O4)cc3n12. The molecule has 182 valence electrons. The minimum Gasteiger partial charge on any atom is -0.434 e. The van der Waals surface area contributed by atoms with E-state index in [4.69, 9.17) is 19.0 Å². The fourth-order valence-electron chi connectivity index (χ4n) is 5.42. The maximum absolute atomic E-state index is 13.3. The van der Waals surface area contributed by atoms with E-state index in [1.807, 2.05) is 45.9 Å². The minimum atomic E-state index is -3.00. The highest BCUT2D eigenvalue weighted by atomic mass is 19.3. The summed E-state index contributed by atoms with van der Waals surface area (Å²) in [7, 11) is 1.18. The average molecular weight is 481 g/mol. The lowest BCUT2D eigenvalue weighted by Crippen LogP contribution is -2.41. The third-order valence-corrected chi connectivity index (χ3v) is 7.96. The van der Waals surface area contributed by atoms with Crippen LogP contribution in [-0.2, 0) is 9.31 Å². The average Bonchev–Trinajstić information content (AvgIpc) is 3.37. The second kappa shape index (κ2) is 7.27. The predicted molar refractivity (Wildman–Crippen MR) is 126 cm³/mol. The van der Waals surface area contributed by atoms with Crippen LogP contribution in [0.3, 0.4) is 0 Å². The van der Waals surface area contributed by atoms with Crippen molar-refractivity contribution in [2.75, 3.05) is 7.05 Å². The number of fused-ring (bicyclic) bond motifs is 9. The highest BCUT2D eigenvalue weighted by Crippen LogP contribution is 2.50. The molecule has 0 radical (unpaired) electrons. The van der Waals surface area contributed by atoms with Crippen molar-refractivity contribution in [1.82, 2.24) is 14.5 Å². The highest BCUT2D eigenvalue weighted by Gasteiger charge is 2.52. The molecule has 3 aromatic rings. The molecule has 1 saturated heterocycles. The van der Waals surface area contributed by atoms with Gasteiger partial charge in [-0.05, 0) is 57.4 Å². The molecule has 35 heavy (non-hydrogen) atoms. The van der Waals surface area contributed by atoms with Gasteiger partial charge < -0.3 is 23.5 Å². The molecular weight excluding hydrogens is 455 g/mol. The molecule has 0 spiro atoms. The van der Waals surface area contributed by atoms with Crippen molar-refractivity contribution < 1.29 is 27.6 Å². The van der Waals surface area contributed by atoms with Gasteiger partial charge in [-0.2, -0.15) is 8.78 Å². The van der Waals surface area contributed by atoms with Gasteiger partial charge in [0.1, 0.15) is 11.6 Å². The Hall–Kier alpha value is -2.98. The number of carbonyl (C=O) groups excluding carboxylic acids is 1. The number of hydrogen-bond acceptors (Lipinski definition) is 5. The molecule has 0 unspecified atom stereocenters. The molecule has 3 aliphatic rings. The number of halogens is 2. The molecule has 1 fully saturated rings. The number of benzene rings is 2. The lowest BCUT2D eigenvalue weighted by Gasteiger charge is -2.32. The van der Waals surface area contributed by atoms with Crippen LogP contribution >= 0.6 is 0 Å². The van der Waals surface area contributed by atoms with Crippen LogP contribution in [0, 0.1) is 0 Å². The van der Waals surface area contributed by atoms with E-state index in [1.165, 1.54) is 6.07 Å². The lowest BCUT2D eigenvalue weighted by molar-refractivity contribution is -0.0507. The normalized spacial score (nSPS) is 24.2. The van der Waals surface area contributed by atoms with Gasteiger partial charge in [0.15, 0.2) is 0 Å². The Balaban J connectivity index is 1.52. The van der Waals surface area contributed by atoms with E-state index in [2.05, 4.69) is 4.57 Å². The summed E-state index contributed by atoms with van der Waals surface area (Å²) in [6, 6.07) is 9.91. The van der Waals surface area contributed by atoms with Crippen molar-refractivity contribution in [2.24, 2.45) is 0 Å². The monoisotopic (exact) mass is 481 g/mol. The molecule has 4 heterocycles. The molecule has 1 amide bonds. The zero-order valence-electron chi connectivity index (χ0n) is 20.2. The van der Waals surface area contributed by atoms with E-state index < -0.39 is 24.9 Å². The smallest absolute Gasteiger partial charge is 0.434 e. The van der Waals surface area contributed by atoms with Gasteiger partial charge in [0.05, 0.1) is 34.3 Å². The molecule has 3 aliphatic heterocycles. The summed E-state index contributed by atoms with van der Waals surface area (Å²) < 4.78 is 46.0. The Morgan fingerprint density at radius 3 is 2.51 bits per heavy atom. The predicted octanol–water partition coefficient (Wildman–Crippen LogP) is 4.06. The number of nitrogens with zero attached hydrogens (tertiary/aromatic N) is 3. The molecule has 2 bridgehead atoms. The van der Waals surface area contributed by atoms with Crippen LogP contribution in [0.15, 0.2) is 36.4 Å². The number of imidazole rings is 1. The Morgan fingerprint density at radius 2 is 1.83 bits per heavy atom. The zero-order chi connectivity index (χ0) is 24.9. The highest BCUT2D eigenvalue weighted by molar-refractivity contribution is 6.62. The van der Waals surface area contributed by atoms with E-state index >= 15 is 0 Å². The summed E-state index contributed by atoms with van der Waals surface area (Å²) in [6.45, 7) is 5.02. The number of rotatable bonds is 3. The van der Waals surface area contributed by atoms with E-state index in [1.54, 1.807) is 24.1 Å². The van der Waals surface area contributed by atoms with E-state index in [0.717, 1.165) is 22.3 Å². The third-order valence-electron chi connectivity index (χ3n) is 7.96. The zero-order valence-corrected chi connectivity index (χ0v) is 20.2. The van der Waals surface area contributed by atoms with Crippen LogP contribution in [0.25, 0.3) is 11.0 Å². The van der Waals surface area contributed by atoms with Crippen LogP contribution in [-0.4, -0.2) is 52.3 Å². The summed E-state index contributed by atoms with van der Waals surface area (Å²) in [6.07, 6.45) is 0.526. The molecular formula is C25H26BF2N3O4. The first-order chi connectivity index (χ1) is 16.5. The van der Waals surface area contributed by atoms with Crippen LogP contribution in [0.2, 0.25) is 0 Å². The van der Waals surface area contributed by atoms with Gasteiger partial charge >= 0.3 is 13.7 Å². The van der Waals surface area contributed by atoms with E-state index in [-0.39, 0.29) is 23.7 Å². The fourth-order valence-corrected chi connectivity index (χ4v) is 5.42. The van der Waals surface area contributed by atoms with E-state index in [9.17, 15) is 13.6 Å². The van der Waals surface area contributed by atoms with Gasteiger partial charge in [0.25, 0.3) is 5.91 Å². The molecule has 6 rings (SSSR count). The Kier molecular flexibility index (Phi) is 4.67. The first-order valence-corrected chi connectivity index (χ1v) is 11.7. The molecule has 1 aromatic heterocycles. The molecule has 0 aliphatic carbocycles. The number of amides is 1. The fraction of sp³-hybridized carbons (Fsp3) is 0.440. The first kappa shape index (κ1) is 22.5. The summed E-state index contributed by atoms with van der Waals surface area (Å²) in [4.78, 5) is 19.7. The topological polar surface area (TPSA) is 65.8 Å². The second-order valence-electron chi connectivity index (χ2n) is 10.5. The summed E-state index contributed by atoms with van der Waals surface area (Å²) >= 11 is 0. The van der Waals surface area contributed by atoms with Crippen LogP contribution in [0.4, 0.5) is 8.78 Å². The number of alkyl halides is 2. The summed E-state index contributed by atoms with van der Waals surface area (Å²) in [5, 5.41) is 0. The van der Waals surface area contributed by atoms with E-state index in [0.29, 0.717) is 17.5 Å². The summed E-state index contributed by atoms with van der Waals surface area (Å²) in [5.74, 6) is 0.509. The number of hydrogen-bond donors (Lipinski definition) is 0. The molecule has 2 atom stereocenters. The molecule has 7 nitrogen and oxygen atoms in total. The maximum Gasteiger partial charge on any atom is 0.494 e. The molecule has 2 aromatic carbocycles. The Bertz CT molecular complexity index is 1360. The van der Waals surface area contributed by atoms with Crippen LogP contribution in [0.5, 0.6) is 5.75 Å². The van der Waals surface area contributed by atoms with Gasteiger partial charge in [-0.15, -0.1) is 0 Å².